The van der Waals surface area contributed by atoms with Crippen LogP contribution in [0.3, 0.4) is 0 Å². The first-order valence-corrected chi connectivity index (χ1v) is 9.48. The number of Topliss-reactive ketones (excluding diaryl/α,β-unsaturated/α-hetero) is 1. The van der Waals surface area contributed by atoms with Gasteiger partial charge in [0.05, 0.1) is 5.69 Å². The van der Waals surface area contributed by atoms with Crippen molar-refractivity contribution >= 4 is 34.9 Å². The van der Waals surface area contributed by atoms with Crippen LogP contribution in [0.15, 0.2) is 24.3 Å². The summed E-state index contributed by atoms with van der Waals surface area (Å²) in [7, 11) is 0. The molecule has 1 atom stereocenters. The minimum absolute atomic E-state index is 0.0630. The van der Waals surface area contributed by atoms with Crippen molar-refractivity contribution in [1.82, 2.24) is 9.78 Å². The Bertz CT molecular complexity index is 874. The van der Waals surface area contributed by atoms with Gasteiger partial charge >= 0.3 is 5.97 Å². The van der Waals surface area contributed by atoms with E-state index < -0.39 is 18.0 Å². The molecule has 1 heterocycles. The number of hydrogen-bond donors (Lipinski definition) is 1. The lowest BCUT2D eigenvalue weighted by molar-refractivity contribution is -0.123. The molecule has 1 aromatic heterocycles. The molecule has 0 aliphatic carbocycles. The van der Waals surface area contributed by atoms with Gasteiger partial charge in [0.2, 0.25) is 0 Å². The molecule has 2 aromatic rings. The van der Waals surface area contributed by atoms with Crippen LogP contribution in [0.4, 0.5) is 5.69 Å². The number of halogens is 1. The number of rotatable bonds is 8. The van der Waals surface area contributed by atoms with Crippen molar-refractivity contribution in [2.24, 2.45) is 0 Å². The SMILES string of the molecule is CCCCn1nc(C)c(C(=O)O[C@H](C)C(=O)Nc2ccc(C(C)=O)cc2)c1Cl. The number of unbranched alkanes of at least 4 members (excludes halogenated alkanes) is 1. The molecule has 0 saturated heterocycles. The van der Waals surface area contributed by atoms with Gasteiger partial charge in [0.1, 0.15) is 10.7 Å². The highest BCUT2D eigenvalue weighted by Crippen LogP contribution is 2.22. The number of benzene rings is 1. The van der Waals surface area contributed by atoms with Crippen LogP contribution in [0.5, 0.6) is 0 Å². The number of carbonyl (C=O) groups excluding carboxylic acids is 3. The summed E-state index contributed by atoms with van der Waals surface area (Å²) in [6, 6.07) is 6.45. The smallest absolute Gasteiger partial charge is 0.343 e. The fourth-order valence-corrected chi connectivity index (χ4v) is 2.88. The van der Waals surface area contributed by atoms with E-state index in [4.69, 9.17) is 16.3 Å². The second-order valence-electron chi connectivity index (χ2n) is 6.50. The Labute approximate surface area is 169 Å². The molecule has 0 fully saturated rings. The van der Waals surface area contributed by atoms with Crippen LogP contribution in [0.25, 0.3) is 0 Å². The number of anilines is 1. The minimum atomic E-state index is -1.03. The molecule has 7 nitrogen and oxygen atoms in total. The second kappa shape index (κ2) is 9.50. The quantitative estimate of drug-likeness (QED) is 0.528. The normalized spacial score (nSPS) is 11.8. The Hall–Kier alpha value is -2.67. The molecule has 0 spiro atoms. The molecule has 28 heavy (non-hydrogen) atoms. The standard InChI is InChI=1S/C20H24ClN3O4/c1-5-6-11-24-18(21)17(12(2)23-24)20(27)28-14(4)19(26)22-16-9-7-15(8-10-16)13(3)25/h7-10,14H,5-6,11H2,1-4H3,(H,22,26)/t14-/m1/s1. The number of ether oxygens (including phenoxy) is 1. The number of aromatic nitrogens is 2. The molecule has 1 N–H and O–H groups in total. The summed E-state index contributed by atoms with van der Waals surface area (Å²) >= 11 is 6.26. The summed E-state index contributed by atoms with van der Waals surface area (Å²) in [6.45, 7) is 7.27. The van der Waals surface area contributed by atoms with Crippen molar-refractivity contribution < 1.29 is 19.1 Å². The Morgan fingerprint density at radius 2 is 1.89 bits per heavy atom. The van der Waals surface area contributed by atoms with Crippen molar-refractivity contribution in [3.05, 3.63) is 46.2 Å². The molecule has 1 aromatic carbocycles. The first kappa shape index (κ1) is 21.6. The second-order valence-corrected chi connectivity index (χ2v) is 6.86. The van der Waals surface area contributed by atoms with Crippen LogP contribution in [-0.4, -0.2) is 33.5 Å². The van der Waals surface area contributed by atoms with Crippen molar-refractivity contribution in [2.75, 3.05) is 5.32 Å². The first-order chi connectivity index (χ1) is 13.2. The number of esters is 1. The van der Waals surface area contributed by atoms with Gasteiger partial charge in [-0.2, -0.15) is 5.10 Å². The molecular weight excluding hydrogens is 382 g/mol. The van der Waals surface area contributed by atoms with Gasteiger partial charge in [-0.15, -0.1) is 0 Å². The number of hydrogen-bond acceptors (Lipinski definition) is 5. The Balaban J connectivity index is 2.02. The highest BCUT2D eigenvalue weighted by molar-refractivity contribution is 6.32. The van der Waals surface area contributed by atoms with Gasteiger partial charge in [-0.05, 0) is 51.5 Å². The average molecular weight is 406 g/mol. The van der Waals surface area contributed by atoms with E-state index >= 15 is 0 Å². The van der Waals surface area contributed by atoms with Crippen LogP contribution < -0.4 is 5.32 Å². The van der Waals surface area contributed by atoms with Crippen LogP contribution in [-0.2, 0) is 16.1 Å². The van der Waals surface area contributed by atoms with Gasteiger partial charge in [0.25, 0.3) is 5.91 Å². The summed E-state index contributed by atoms with van der Waals surface area (Å²) < 4.78 is 6.84. The summed E-state index contributed by atoms with van der Waals surface area (Å²) in [5, 5.41) is 7.12. The number of amides is 1. The van der Waals surface area contributed by atoms with E-state index in [0.717, 1.165) is 12.8 Å². The van der Waals surface area contributed by atoms with Crippen molar-refractivity contribution in [2.45, 2.75) is 53.2 Å². The molecule has 0 bridgehead atoms. The average Bonchev–Trinajstić information content (AvgIpc) is 2.93. The Kier molecular flexibility index (Phi) is 7.34. The zero-order valence-electron chi connectivity index (χ0n) is 16.4. The fraction of sp³-hybridized carbons (Fsp3) is 0.400. The fourth-order valence-electron chi connectivity index (χ4n) is 2.55. The largest absolute Gasteiger partial charge is 0.449 e. The van der Waals surface area contributed by atoms with Crippen molar-refractivity contribution in [1.29, 1.82) is 0 Å². The number of ketones is 1. The molecule has 8 heteroatoms. The van der Waals surface area contributed by atoms with E-state index in [2.05, 4.69) is 10.4 Å². The zero-order valence-corrected chi connectivity index (χ0v) is 17.2. The molecule has 0 radical (unpaired) electrons. The summed E-state index contributed by atoms with van der Waals surface area (Å²) in [5.74, 6) is -1.25. The van der Waals surface area contributed by atoms with Gasteiger partial charge in [0.15, 0.2) is 11.9 Å². The van der Waals surface area contributed by atoms with Crippen LogP contribution in [0.2, 0.25) is 5.15 Å². The van der Waals surface area contributed by atoms with Gasteiger partial charge in [0, 0.05) is 17.8 Å². The van der Waals surface area contributed by atoms with Crippen LogP contribution in [0.1, 0.15) is 60.0 Å². The number of carbonyl (C=O) groups is 3. The summed E-state index contributed by atoms with van der Waals surface area (Å²) in [6.07, 6.45) is 0.824. The lowest BCUT2D eigenvalue weighted by Gasteiger charge is -2.13. The molecule has 0 aliphatic rings. The Morgan fingerprint density at radius 3 is 2.46 bits per heavy atom. The van der Waals surface area contributed by atoms with Crippen molar-refractivity contribution in [3.63, 3.8) is 0 Å². The van der Waals surface area contributed by atoms with E-state index in [1.54, 1.807) is 35.9 Å². The molecular formula is C20H24ClN3O4. The predicted molar refractivity (Wildman–Crippen MR) is 107 cm³/mol. The van der Waals surface area contributed by atoms with E-state index in [-0.39, 0.29) is 16.5 Å². The highest BCUT2D eigenvalue weighted by atomic mass is 35.5. The zero-order chi connectivity index (χ0) is 20.8. The number of aryl methyl sites for hydroxylation is 2. The third-order valence-electron chi connectivity index (χ3n) is 4.21. The monoisotopic (exact) mass is 405 g/mol. The van der Waals surface area contributed by atoms with Gasteiger partial charge in [-0.1, -0.05) is 24.9 Å². The first-order valence-electron chi connectivity index (χ1n) is 9.10. The third-order valence-corrected chi connectivity index (χ3v) is 4.59. The van der Waals surface area contributed by atoms with Crippen LogP contribution in [0, 0.1) is 6.92 Å². The highest BCUT2D eigenvalue weighted by Gasteiger charge is 2.25. The number of nitrogens with one attached hydrogen (secondary N) is 1. The van der Waals surface area contributed by atoms with Crippen LogP contribution >= 0.6 is 11.6 Å². The predicted octanol–water partition coefficient (Wildman–Crippen LogP) is 4.03. The lowest BCUT2D eigenvalue weighted by atomic mass is 10.1. The van der Waals surface area contributed by atoms with E-state index in [0.29, 0.717) is 23.5 Å². The Morgan fingerprint density at radius 1 is 1.25 bits per heavy atom. The lowest BCUT2D eigenvalue weighted by Crippen LogP contribution is -2.30. The maximum atomic E-state index is 12.5. The molecule has 0 aliphatic heterocycles. The molecule has 150 valence electrons. The molecule has 0 unspecified atom stereocenters. The molecule has 2 rings (SSSR count). The topological polar surface area (TPSA) is 90.3 Å². The van der Waals surface area contributed by atoms with Gasteiger partial charge in [-0.3, -0.25) is 14.3 Å². The minimum Gasteiger partial charge on any atom is -0.449 e. The number of nitrogens with zero attached hydrogens (tertiary/aromatic N) is 2. The van der Waals surface area contributed by atoms with E-state index in [1.807, 2.05) is 6.92 Å². The van der Waals surface area contributed by atoms with E-state index in [1.165, 1.54) is 13.8 Å². The van der Waals surface area contributed by atoms with Crippen molar-refractivity contribution in [3.8, 4) is 0 Å². The summed E-state index contributed by atoms with van der Waals surface area (Å²) in [4.78, 5) is 36.1. The van der Waals surface area contributed by atoms with Gasteiger partial charge < -0.3 is 10.1 Å². The molecule has 1 amide bonds. The van der Waals surface area contributed by atoms with Gasteiger partial charge in [-0.25, -0.2) is 4.79 Å². The third kappa shape index (κ3) is 5.19. The maximum absolute atomic E-state index is 12.5. The van der Waals surface area contributed by atoms with E-state index in [9.17, 15) is 14.4 Å². The summed E-state index contributed by atoms with van der Waals surface area (Å²) in [5.41, 5.74) is 1.67. The maximum Gasteiger partial charge on any atom is 0.343 e. The molecule has 0 saturated carbocycles.